The van der Waals surface area contributed by atoms with Crippen molar-refractivity contribution < 1.29 is 4.79 Å². The highest BCUT2D eigenvalue weighted by Crippen LogP contribution is 2.36. The van der Waals surface area contributed by atoms with E-state index in [-0.39, 0.29) is 11.9 Å². The summed E-state index contributed by atoms with van der Waals surface area (Å²) in [6.07, 6.45) is 2.25. The topological polar surface area (TPSA) is 61.4 Å². The van der Waals surface area contributed by atoms with E-state index in [2.05, 4.69) is 53.2 Å². The number of hydrogen-bond acceptors (Lipinski definition) is 7. The van der Waals surface area contributed by atoms with Crippen LogP contribution in [0.5, 0.6) is 0 Å². The zero-order valence-electron chi connectivity index (χ0n) is 19.5. The third-order valence-electron chi connectivity index (χ3n) is 6.63. The van der Waals surface area contributed by atoms with E-state index >= 15 is 0 Å². The molecule has 3 aromatic rings. The lowest BCUT2D eigenvalue weighted by molar-refractivity contribution is -0.126. The van der Waals surface area contributed by atoms with E-state index < -0.39 is 0 Å². The summed E-state index contributed by atoms with van der Waals surface area (Å²) >= 11 is 3.54. The minimum Gasteiger partial charge on any atom is -0.353 e. The van der Waals surface area contributed by atoms with Gasteiger partial charge in [-0.05, 0) is 51.3 Å². The van der Waals surface area contributed by atoms with Gasteiger partial charge >= 0.3 is 0 Å². The summed E-state index contributed by atoms with van der Waals surface area (Å²) < 4.78 is 0. The monoisotopic (exact) mass is 481 g/mol. The van der Waals surface area contributed by atoms with Gasteiger partial charge in [-0.2, -0.15) is 0 Å². The van der Waals surface area contributed by atoms with E-state index in [1.807, 2.05) is 13.0 Å². The van der Waals surface area contributed by atoms with E-state index in [4.69, 9.17) is 9.97 Å². The molecule has 8 heteroatoms. The summed E-state index contributed by atoms with van der Waals surface area (Å²) in [4.78, 5) is 30.8. The highest BCUT2D eigenvalue weighted by Gasteiger charge is 2.31. The van der Waals surface area contributed by atoms with Crippen LogP contribution in [0.1, 0.15) is 36.0 Å². The van der Waals surface area contributed by atoms with Crippen molar-refractivity contribution in [3.05, 3.63) is 46.6 Å². The first-order valence-corrected chi connectivity index (χ1v) is 13.5. The van der Waals surface area contributed by atoms with Gasteiger partial charge < -0.3 is 10.2 Å². The molecule has 2 aliphatic rings. The molecule has 1 amide bonds. The van der Waals surface area contributed by atoms with Gasteiger partial charge in [-0.25, -0.2) is 9.97 Å². The lowest BCUT2D eigenvalue weighted by atomic mass is 10.1. The number of thiophene rings is 1. The van der Waals surface area contributed by atoms with Gasteiger partial charge in [0.2, 0.25) is 5.91 Å². The number of anilines is 1. The van der Waals surface area contributed by atoms with Crippen LogP contribution in [0.4, 0.5) is 5.82 Å². The number of benzene rings is 1. The van der Waals surface area contributed by atoms with Gasteiger partial charge in [0, 0.05) is 42.0 Å². The molecule has 6 nitrogen and oxygen atoms in total. The molecular weight excluding hydrogens is 450 g/mol. The Hall–Kier alpha value is -2.16. The maximum Gasteiger partial charge on any atom is 0.237 e. The van der Waals surface area contributed by atoms with Crippen LogP contribution in [0.3, 0.4) is 0 Å². The second kappa shape index (κ2) is 9.60. The Balaban J connectivity index is 1.33. The summed E-state index contributed by atoms with van der Waals surface area (Å²) in [5.74, 6) is 2.86. The van der Waals surface area contributed by atoms with Crippen LogP contribution >= 0.6 is 23.1 Å². The average molecular weight is 482 g/mol. The highest BCUT2D eigenvalue weighted by molar-refractivity contribution is 7.98. The summed E-state index contributed by atoms with van der Waals surface area (Å²) in [6.45, 7) is 9.84. The van der Waals surface area contributed by atoms with Crippen LogP contribution in [-0.2, 0) is 10.5 Å². The first kappa shape index (κ1) is 22.6. The van der Waals surface area contributed by atoms with Gasteiger partial charge in [0.25, 0.3) is 0 Å². The molecule has 3 heterocycles. The van der Waals surface area contributed by atoms with E-state index in [0.29, 0.717) is 6.04 Å². The molecule has 1 saturated heterocycles. The van der Waals surface area contributed by atoms with Crippen molar-refractivity contribution in [1.82, 2.24) is 20.2 Å². The van der Waals surface area contributed by atoms with E-state index in [9.17, 15) is 4.79 Å². The Morgan fingerprint density at radius 2 is 1.88 bits per heavy atom. The number of carbonyl (C=O) groups is 1. The Morgan fingerprint density at radius 3 is 2.58 bits per heavy atom. The van der Waals surface area contributed by atoms with Crippen LogP contribution < -0.4 is 10.2 Å². The fourth-order valence-electron chi connectivity index (χ4n) is 4.27. The quantitative estimate of drug-likeness (QED) is 0.505. The molecule has 2 aromatic heterocycles. The molecule has 1 aliphatic carbocycles. The number of nitrogens with one attached hydrogen (secondary N) is 1. The van der Waals surface area contributed by atoms with Crippen molar-refractivity contribution in [2.45, 2.75) is 56.3 Å². The lowest BCUT2D eigenvalue weighted by Gasteiger charge is -2.38. The van der Waals surface area contributed by atoms with Crippen molar-refractivity contribution in [2.75, 3.05) is 31.1 Å². The Bertz CT molecular complexity index is 1140. The summed E-state index contributed by atoms with van der Waals surface area (Å²) in [5.41, 5.74) is 1.28. The van der Waals surface area contributed by atoms with Crippen molar-refractivity contribution in [1.29, 1.82) is 0 Å². The number of carbonyl (C=O) groups excluding carboxylic acids is 1. The van der Waals surface area contributed by atoms with Crippen molar-refractivity contribution in [3.63, 3.8) is 0 Å². The Kier molecular flexibility index (Phi) is 6.58. The normalized spacial score (nSPS) is 18.0. The number of amides is 1. The average Bonchev–Trinajstić information content (AvgIpc) is 3.61. The first-order chi connectivity index (χ1) is 16.0. The van der Waals surface area contributed by atoms with Gasteiger partial charge in [0.1, 0.15) is 16.5 Å². The minimum atomic E-state index is -0.0823. The second-order valence-electron chi connectivity index (χ2n) is 9.01. The smallest absolute Gasteiger partial charge is 0.237 e. The standard InChI is InChI=1S/C25H31N5OS2/c1-16-18(3)33-25-22(16)23(27-21(28-25)15-32-20-7-5-4-6-8-20)30-13-11-29(12-14-30)17(2)24(31)26-19-9-10-19/h4-8,17,19H,9-15H2,1-3H3,(H,26,31). The van der Waals surface area contributed by atoms with Gasteiger partial charge in [-0.3, -0.25) is 9.69 Å². The summed E-state index contributed by atoms with van der Waals surface area (Å²) in [5, 5.41) is 4.34. The molecule has 174 valence electrons. The largest absolute Gasteiger partial charge is 0.353 e. The molecule has 1 aromatic carbocycles. The first-order valence-electron chi connectivity index (χ1n) is 11.7. The fraction of sp³-hybridized carbons (Fsp3) is 0.480. The van der Waals surface area contributed by atoms with Crippen LogP contribution in [0.2, 0.25) is 0 Å². The number of rotatable bonds is 7. The van der Waals surface area contributed by atoms with Crippen molar-refractivity contribution in [2.24, 2.45) is 0 Å². The molecule has 1 atom stereocenters. The zero-order valence-corrected chi connectivity index (χ0v) is 21.1. The van der Waals surface area contributed by atoms with E-state index in [0.717, 1.165) is 61.2 Å². The molecule has 5 rings (SSSR count). The van der Waals surface area contributed by atoms with Gasteiger partial charge in [0.05, 0.1) is 17.2 Å². The Morgan fingerprint density at radius 1 is 1.15 bits per heavy atom. The molecule has 0 bridgehead atoms. The van der Waals surface area contributed by atoms with Gasteiger partial charge in [-0.1, -0.05) is 18.2 Å². The molecule has 1 unspecified atom stereocenters. The van der Waals surface area contributed by atoms with Crippen LogP contribution in [0.25, 0.3) is 10.2 Å². The van der Waals surface area contributed by atoms with Gasteiger partial charge in [0.15, 0.2) is 0 Å². The van der Waals surface area contributed by atoms with Crippen LogP contribution in [0, 0.1) is 13.8 Å². The molecule has 33 heavy (non-hydrogen) atoms. The van der Waals surface area contributed by atoms with E-state index in [1.54, 1.807) is 23.1 Å². The maximum atomic E-state index is 12.5. The number of aromatic nitrogens is 2. The number of thioether (sulfide) groups is 1. The highest BCUT2D eigenvalue weighted by atomic mass is 32.2. The summed E-state index contributed by atoms with van der Waals surface area (Å²) in [7, 11) is 0. The number of hydrogen-bond donors (Lipinski definition) is 1. The predicted molar refractivity (Wildman–Crippen MR) is 137 cm³/mol. The number of fused-ring (bicyclic) bond motifs is 1. The molecular formula is C25H31N5OS2. The van der Waals surface area contributed by atoms with Crippen LogP contribution in [-0.4, -0.2) is 59.0 Å². The molecule has 1 saturated carbocycles. The minimum absolute atomic E-state index is 0.0823. The fourth-order valence-corrected chi connectivity index (χ4v) is 6.08. The van der Waals surface area contributed by atoms with Crippen LogP contribution in [0.15, 0.2) is 35.2 Å². The Labute approximate surface area is 203 Å². The predicted octanol–water partition coefficient (Wildman–Crippen LogP) is 4.39. The summed E-state index contributed by atoms with van der Waals surface area (Å²) in [6, 6.07) is 10.8. The molecule has 0 radical (unpaired) electrons. The molecule has 1 N–H and O–H groups in total. The lowest BCUT2D eigenvalue weighted by Crippen LogP contribution is -2.54. The SMILES string of the molecule is Cc1sc2nc(CSc3ccccc3)nc(N3CCN(C(C)C(=O)NC4CC4)CC3)c2c1C. The number of aryl methyl sites for hydroxylation is 2. The van der Waals surface area contributed by atoms with Crippen molar-refractivity contribution in [3.8, 4) is 0 Å². The van der Waals surface area contributed by atoms with Gasteiger partial charge in [-0.15, -0.1) is 23.1 Å². The number of nitrogens with zero attached hydrogens (tertiary/aromatic N) is 4. The second-order valence-corrected chi connectivity index (χ2v) is 11.3. The number of piperazine rings is 1. The van der Waals surface area contributed by atoms with E-state index in [1.165, 1.54) is 20.7 Å². The maximum absolute atomic E-state index is 12.5. The third kappa shape index (κ3) is 5.03. The molecule has 1 aliphatic heterocycles. The van der Waals surface area contributed by atoms with Crippen molar-refractivity contribution >= 4 is 45.0 Å². The zero-order chi connectivity index (χ0) is 22.9. The molecule has 0 spiro atoms. The molecule has 2 fully saturated rings. The third-order valence-corrected chi connectivity index (χ3v) is 8.74.